The zero-order chi connectivity index (χ0) is 34.4. The van der Waals surface area contributed by atoms with Crippen LogP contribution in [-0.4, -0.2) is 123 Å². The van der Waals surface area contributed by atoms with Crippen LogP contribution in [0.4, 0.5) is 0 Å². The Morgan fingerprint density at radius 3 is 0.933 bits per heavy atom. The molecule has 0 aromatic heterocycles. The molecule has 21 heteroatoms. The van der Waals surface area contributed by atoms with Crippen LogP contribution in [0.5, 0.6) is 0 Å². The Morgan fingerprint density at radius 1 is 0.489 bits per heavy atom. The van der Waals surface area contributed by atoms with Gasteiger partial charge in [0.1, 0.15) is 55.1 Å². The molecule has 0 aliphatic heterocycles. The minimum atomic E-state index is -5.23. The maximum absolute atomic E-state index is 13.0. The molecule has 0 aromatic carbocycles. The molecule has 1 rings (SSSR count). The maximum atomic E-state index is 13.0. The average molecular weight is 715 g/mol. The zero-order valence-corrected chi connectivity index (χ0v) is 28.1. The summed E-state index contributed by atoms with van der Waals surface area (Å²) >= 11 is 0. The van der Waals surface area contributed by atoms with Crippen LogP contribution in [0.3, 0.4) is 0 Å². The molecule has 0 heterocycles. The third-order valence-electron chi connectivity index (χ3n) is 6.23. The molecule has 1 aliphatic rings. The molecule has 0 saturated heterocycles. The van der Waals surface area contributed by atoms with Crippen molar-refractivity contribution in [1.82, 2.24) is 0 Å². The van der Waals surface area contributed by atoms with Gasteiger partial charge in [0, 0.05) is 19.8 Å². The first-order chi connectivity index (χ1) is 20.9. The van der Waals surface area contributed by atoms with Gasteiger partial charge in [-0.25, -0.2) is 0 Å². The van der Waals surface area contributed by atoms with Crippen LogP contribution in [-0.2, 0) is 55.9 Å². The first-order valence-electron chi connectivity index (χ1n) is 14.4. The number of aliphatic carboxylic acids is 3. The summed E-state index contributed by atoms with van der Waals surface area (Å²) in [6.07, 6.45) is -12.1. The van der Waals surface area contributed by atoms with Gasteiger partial charge in [0.15, 0.2) is 0 Å². The molecular weight excluding hydrogens is 669 g/mol. The number of ether oxygens (including phenoxy) is 3. The van der Waals surface area contributed by atoms with E-state index in [0.29, 0.717) is 38.5 Å². The predicted octanol–water partition coefficient (Wildman–Crippen LogP) is 2.52. The van der Waals surface area contributed by atoms with Crippen molar-refractivity contribution >= 4 is 40.7 Å². The van der Waals surface area contributed by atoms with E-state index in [9.17, 15) is 58.1 Å². The van der Waals surface area contributed by atoms with Gasteiger partial charge in [0.05, 0.1) is 0 Å². The highest BCUT2D eigenvalue weighted by Gasteiger charge is 2.59. The first-order valence-corrected chi connectivity index (χ1v) is 19.7. The van der Waals surface area contributed by atoms with E-state index in [2.05, 4.69) is 0 Å². The number of unbranched alkanes of at least 4 members (excludes halogenated alkanes) is 3. The monoisotopic (exact) mass is 714 g/mol. The van der Waals surface area contributed by atoms with Crippen LogP contribution < -0.4 is 0 Å². The third kappa shape index (κ3) is 15.5. The molecule has 0 radical (unpaired) electrons. The summed E-state index contributed by atoms with van der Waals surface area (Å²) in [6.45, 7) is 5.41. The molecule has 0 spiro atoms. The summed E-state index contributed by atoms with van der Waals surface area (Å²) < 4.78 is 72.8. The Labute approximate surface area is 260 Å². The SMILES string of the molecule is CCCCOC1C(OCCCC)C(OP(=O)(O)CC(=O)O)C(OP(=O)(O)CC(=O)O)C(OP(=O)(O)CC(=O)O)C1OCCCC. The van der Waals surface area contributed by atoms with Gasteiger partial charge >= 0.3 is 40.7 Å². The van der Waals surface area contributed by atoms with E-state index < -0.39 is 95.8 Å². The highest BCUT2D eigenvalue weighted by molar-refractivity contribution is 7.54. The van der Waals surface area contributed by atoms with E-state index in [-0.39, 0.29) is 19.8 Å². The van der Waals surface area contributed by atoms with Crippen LogP contribution in [0, 0.1) is 0 Å². The fraction of sp³-hybridized carbons (Fsp3) is 0.875. The third-order valence-corrected chi connectivity index (χ3v) is 9.96. The van der Waals surface area contributed by atoms with Gasteiger partial charge < -0.3 is 44.2 Å². The molecule has 7 atom stereocenters. The number of rotatable bonds is 24. The summed E-state index contributed by atoms with van der Waals surface area (Å²) in [5.74, 6) is -5.32. The molecule has 264 valence electrons. The zero-order valence-electron chi connectivity index (χ0n) is 25.4. The Kier molecular flexibility index (Phi) is 18.1. The van der Waals surface area contributed by atoms with Gasteiger partial charge in [-0.15, -0.1) is 0 Å². The lowest BCUT2D eigenvalue weighted by Gasteiger charge is -2.50. The van der Waals surface area contributed by atoms with Crippen LogP contribution >= 0.6 is 22.8 Å². The van der Waals surface area contributed by atoms with Crippen molar-refractivity contribution in [2.75, 3.05) is 38.3 Å². The molecule has 6 N–H and O–H groups in total. The number of carboxylic acids is 3. The van der Waals surface area contributed by atoms with Gasteiger partial charge in [-0.3, -0.25) is 41.6 Å². The van der Waals surface area contributed by atoms with Crippen molar-refractivity contribution < 1.29 is 85.9 Å². The van der Waals surface area contributed by atoms with Crippen molar-refractivity contribution in [3.8, 4) is 0 Å². The van der Waals surface area contributed by atoms with Crippen LogP contribution in [0.1, 0.15) is 59.3 Å². The molecule has 0 amide bonds. The smallest absolute Gasteiger partial charge is 0.339 e. The van der Waals surface area contributed by atoms with Gasteiger partial charge in [-0.1, -0.05) is 40.0 Å². The van der Waals surface area contributed by atoms with Crippen molar-refractivity contribution in [3.63, 3.8) is 0 Å². The number of carbonyl (C=O) groups is 3. The summed E-state index contributed by atoms with van der Waals surface area (Å²) in [7, 11) is -15.5. The highest BCUT2D eigenvalue weighted by Crippen LogP contribution is 2.54. The molecule has 0 aromatic rings. The van der Waals surface area contributed by atoms with E-state index in [1.807, 2.05) is 20.8 Å². The topological polar surface area (TPSA) is 279 Å². The highest BCUT2D eigenvalue weighted by atomic mass is 31.2. The molecule has 18 nitrogen and oxygen atoms in total. The Morgan fingerprint density at radius 2 is 0.711 bits per heavy atom. The van der Waals surface area contributed by atoms with Gasteiger partial charge in [0.2, 0.25) is 0 Å². The molecule has 7 unspecified atom stereocenters. The number of hydrogen-bond donors (Lipinski definition) is 6. The predicted molar refractivity (Wildman–Crippen MR) is 156 cm³/mol. The van der Waals surface area contributed by atoms with E-state index in [1.165, 1.54) is 0 Å². The van der Waals surface area contributed by atoms with E-state index in [4.69, 9.17) is 27.8 Å². The first kappa shape index (κ1) is 41.8. The molecule has 1 aliphatic carbocycles. The lowest BCUT2D eigenvalue weighted by Crippen LogP contribution is -2.67. The summed E-state index contributed by atoms with van der Waals surface area (Å²) in [4.78, 5) is 65.5. The van der Waals surface area contributed by atoms with E-state index >= 15 is 0 Å². The molecular formula is C24H45O18P3. The summed E-state index contributed by atoms with van der Waals surface area (Å²) in [5.41, 5.74) is 0. The summed E-state index contributed by atoms with van der Waals surface area (Å²) in [5, 5.41) is 27.6. The fourth-order valence-electron chi connectivity index (χ4n) is 4.34. The number of hydrogen-bond acceptors (Lipinski definition) is 12. The van der Waals surface area contributed by atoms with E-state index in [0.717, 1.165) is 0 Å². The largest absolute Gasteiger partial charge is 0.481 e. The maximum Gasteiger partial charge on any atom is 0.339 e. The summed E-state index contributed by atoms with van der Waals surface area (Å²) in [6, 6.07) is 0. The van der Waals surface area contributed by atoms with E-state index in [1.54, 1.807) is 0 Å². The van der Waals surface area contributed by atoms with Crippen LogP contribution in [0.15, 0.2) is 0 Å². The van der Waals surface area contributed by atoms with Crippen molar-refractivity contribution in [3.05, 3.63) is 0 Å². The van der Waals surface area contributed by atoms with Crippen molar-refractivity contribution in [1.29, 1.82) is 0 Å². The quantitative estimate of drug-likeness (QED) is 0.0618. The standard InChI is InChI=1S/C24H45O18P3/c1-4-7-10-37-19-20(38-11-8-5-2)22(40-43(31,32)13-16(25)26)24(42-45(35,36)15-18(29)30)23(21(19)39-12-9-6-3)41-44(33,34)14-17(27)28/h19-24H,4-15H2,1-3H3,(H,25,26)(H,27,28)(H,29,30)(H,31,32)(H,33,34)(H,35,36). The van der Waals surface area contributed by atoms with Gasteiger partial charge in [0.25, 0.3) is 0 Å². The lowest BCUT2D eigenvalue weighted by atomic mass is 9.84. The second-order valence-corrected chi connectivity index (χ2v) is 15.8. The fourth-order valence-corrected chi connectivity index (χ4v) is 7.45. The second-order valence-electron chi connectivity index (χ2n) is 10.3. The Bertz CT molecular complexity index is 1040. The average Bonchev–Trinajstić information content (AvgIpc) is 2.86. The lowest BCUT2D eigenvalue weighted by molar-refractivity contribution is -0.244. The second kappa shape index (κ2) is 19.5. The number of carboxylic acid groups (broad SMARTS) is 3. The van der Waals surface area contributed by atoms with Crippen LogP contribution in [0.2, 0.25) is 0 Å². The Balaban J connectivity index is 4.01. The molecule has 1 saturated carbocycles. The van der Waals surface area contributed by atoms with Gasteiger partial charge in [-0.2, -0.15) is 0 Å². The molecule has 45 heavy (non-hydrogen) atoms. The minimum Gasteiger partial charge on any atom is -0.481 e. The van der Waals surface area contributed by atoms with Gasteiger partial charge in [-0.05, 0) is 19.3 Å². The molecule has 1 fully saturated rings. The minimum absolute atomic E-state index is 0.0166. The molecule has 0 bridgehead atoms. The Hall–Kier alpha value is -1.26. The van der Waals surface area contributed by atoms with Crippen molar-refractivity contribution in [2.45, 2.75) is 95.9 Å². The normalized spacial score (nSPS) is 27.6. The van der Waals surface area contributed by atoms with Crippen molar-refractivity contribution in [2.24, 2.45) is 0 Å². The van der Waals surface area contributed by atoms with Crippen LogP contribution in [0.25, 0.3) is 0 Å².